The minimum Gasteiger partial charge on any atom is -0.491 e. The quantitative estimate of drug-likeness (QED) is 0.708. The Bertz CT molecular complexity index is 694. The van der Waals surface area contributed by atoms with Gasteiger partial charge in [0.05, 0.1) is 18.6 Å². The molecular formula is C14H13BrClNO3S. The zero-order valence-electron chi connectivity index (χ0n) is 10.9. The van der Waals surface area contributed by atoms with Crippen LogP contribution >= 0.6 is 26.6 Å². The molecule has 1 unspecified atom stereocenters. The summed E-state index contributed by atoms with van der Waals surface area (Å²) in [6, 6.07) is 11.1. The molecule has 0 aliphatic heterocycles. The van der Waals surface area contributed by atoms with Crippen LogP contribution in [0, 0.1) is 0 Å². The number of nitrogens with zero attached hydrogens (tertiary/aromatic N) is 1. The van der Waals surface area contributed by atoms with E-state index in [9.17, 15) is 8.42 Å². The number of benzene rings is 1. The number of ether oxygens (including phenoxy) is 1. The van der Waals surface area contributed by atoms with E-state index >= 15 is 0 Å². The molecule has 0 saturated heterocycles. The third kappa shape index (κ3) is 5.65. The highest BCUT2D eigenvalue weighted by molar-refractivity contribution is 9.10. The van der Waals surface area contributed by atoms with Gasteiger partial charge in [-0.3, -0.25) is 4.98 Å². The van der Waals surface area contributed by atoms with E-state index in [1.54, 1.807) is 18.5 Å². The smallest absolute Gasteiger partial charge is 0.233 e. The van der Waals surface area contributed by atoms with Gasteiger partial charge >= 0.3 is 0 Å². The van der Waals surface area contributed by atoms with Crippen molar-refractivity contribution < 1.29 is 13.2 Å². The molecule has 2 rings (SSSR count). The Kier molecular flexibility index (Phi) is 5.61. The summed E-state index contributed by atoms with van der Waals surface area (Å²) in [4.78, 5) is 3.99. The molecular weight excluding hydrogens is 378 g/mol. The lowest BCUT2D eigenvalue weighted by molar-refractivity contribution is 0.295. The standard InChI is InChI=1S/C14H13BrClNO3S/c15-13-6-14(8-17-7-13)20-9-12(10-21(16,18)19)11-4-2-1-3-5-11/h1-8,12H,9-10H2. The molecule has 0 N–H and O–H groups in total. The molecule has 1 aromatic heterocycles. The first kappa shape index (κ1) is 16.3. The second kappa shape index (κ2) is 7.24. The lowest BCUT2D eigenvalue weighted by Crippen LogP contribution is -2.18. The zero-order valence-corrected chi connectivity index (χ0v) is 14.1. The third-order valence-electron chi connectivity index (χ3n) is 2.80. The minimum atomic E-state index is -3.62. The van der Waals surface area contributed by atoms with Crippen LogP contribution < -0.4 is 4.74 Å². The number of pyridine rings is 1. The second-order valence-electron chi connectivity index (χ2n) is 4.46. The van der Waals surface area contributed by atoms with Crippen molar-refractivity contribution in [2.45, 2.75) is 5.92 Å². The van der Waals surface area contributed by atoms with Crippen molar-refractivity contribution in [3.8, 4) is 5.75 Å². The monoisotopic (exact) mass is 389 g/mol. The summed E-state index contributed by atoms with van der Waals surface area (Å²) in [5.41, 5.74) is 0.865. The van der Waals surface area contributed by atoms with Crippen LogP contribution in [0.2, 0.25) is 0 Å². The normalized spacial score (nSPS) is 12.9. The summed E-state index contributed by atoms with van der Waals surface area (Å²) < 4.78 is 29.2. The molecule has 7 heteroatoms. The molecule has 0 saturated carbocycles. The van der Waals surface area contributed by atoms with E-state index < -0.39 is 9.05 Å². The fourth-order valence-corrected chi connectivity index (χ4v) is 3.44. The van der Waals surface area contributed by atoms with Crippen LogP contribution in [0.5, 0.6) is 5.75 Å². The van der Waals surface area contributed by atoms with Crippen LogP contribution in [0.15, 0.2) is 53.3 Å². The Morgan fingerprint density at radius 3 is 2.57 bits per heavy atom. The highest BCUT2D eigenvalue weighted by Crippen LogP contribution is 2.22. The van der Waals surface area contributed by atoms with Crippen LogP contribution in [-0.4, -0.2) is 25.8 Å². The van der Waals surface area contributed by atoms with Gasteiger partial charge < -0.3 is 4.74 Å². The number of hydrogen-bond donors (Lipinski definition) is 0. The van der Waals surface area contributed by atoms with Crippen LogP contribution in [0.1, 0.15) is 11.5 Å². The van der Waals surface area contributed by atoms with Crippen LogP contribution in [0.3, 0.4) is 0 Å². The topological polar surface area (TPSA) is 56.3 Å². The Morgan fingerprint density at radius 1 is 1.24 bits per heavy atom. The lowest BCUT2D eigenvalue weighted by atomic mass is 10.0. The molecule has 0 aliphatic carbocycles. The summed E-state index contributed by atoms with van der Waals surface area (Å²) in [6.45, 7) is 0.202. The van der Waals surface area contributed by atoms with Gasteiger partial charge in [-0.1, -0.05) is 30.3 Å². The lowest BCUT2D eigenvalue weighted by Gasteiger charge is -2.16. The van der Waals surface area contributed by atoms with E-state index in [4.69, 9.17) is 15.4 Å². The Labute approximate surface area is 136 Å². The average molecular weight is 391 g/mol. The van der Waals surface area contributed by atoms with Gasteiger partial charge in [-0.05, 0) is 27.6 Å². The van der Waals surface area contributed by atoms with Gasteiger partial charge in [0.2, 0.25) is 9.05 Å². The van der Waals surface area contributed by atoms with Gasteiger partial charge in [-0.15, -0.1) is 0 Å². The maximum atomic E-state index is 11.4. The summed E-state index contributed by atoms with van der Waals surface area (Å²) in [5.74, 6) is 0.0463. The number of aromatic nitrogens is 1. The first-order chi connectivity index (χ1) is 9.94. The van der Waals surface area contributed by atoms with Crippen molar-refractivity contribution >= 4 is 35.7 Å². The van der Waals surface area contributed by atoms with E-state index in [1.165, 1.54) is 0 Å². The molecule has 0 radical (unpaired) electrons. The van der Waals surface area contributed by atoms with Crippen LogP contribution in [-0.2, 0) is 9.05 Å². The van der Waals surface area contributed by atoms with Crippen LogP contribution in [0.4, 0.5) is 0 Å². The third-order valence-corrected chi connectivity index (χ3v) is 4.41. The summed E-state index contributed by atoms with van der Waals surface area (Å²) >= 11 is 3.30. The Morgan fingerprint density at radius 2 is 1.95 bits per heavy atom. The fourth-order valence-electron chi connectivity index (χ4n) is 1.87. The first-order valence-electron chi connectivity index (χ1n) is 6.15. The maximum Gasteiger partial charge on any atom is 0.233 e. The van der Waals surface area contributed by atoms with Gasteiger partial charge in [0.25, 0.3) is 0 Å². The first-order valence-corrected chi connectivity index (χ1v) is 9.42. The Hall–Kier alpha value is -1.11. The molecule has 2 aromatic rings. The minimum absolute atomic E-state index is 0.181. The molecule has 0 spiro atoms. The predicted molar refractivity (Wildman–Crippen MR) is 86.3 cm³/mol. The average Bonchev–Trinajstić information content (AvgIpc) is 2.43. The zero-order chi connectivity index (χ0) is 15.3. The molecule has 1 heterocycles. The highest BCUT2D eigenvalue weighted by atomic mass is 79.9. The second-order valence-corrected chi connectivity index (χ2v) is 8.20. The van der Waals surface area contributed by atoms with Crippen LogP contribution in [0.25, 0.3) is 0 Å². The van der Waals surface area contributed by atoms with E-state index in [1.807, 2.05) is 30.3 Å². The molecule has 21 heavy (non-hydrogen) atoms. The SMILES string of the molecule is O=S(=O)(Cl)CC(COc1cncc(Br)c1)c1ccccc1. The maximum absolute atomic E-state index is 11.4. The molecule has 4 nitrogen and oxygen atoms in total. The Balaban J connectivity index is 2.13. The van der Waals surface area contributed by atoms with Gasteiger partial charge in [0.15, 0.2) is 0 Å². The molecule has 0 amide bonds. The van der Waals surface area contributed by atoms with Gasteiger partial charge in [-0.2, -0.15) is 0 Å². The van der Waals surface area contributed by atoms with E-state index in [0.717, 1.165) is 10.0 Å². The van der Waals surface area contributed by atoms with E-state index in [-0.39, 0.29) is 18.3 Å². The molecule has 1 atom stereocenters. The fraction of sp³-hybridized carbons (Fsp3) is 0.214. The molecule has 112 valence electrons. The molecule has 1 aromatic carbocycles. The van der Waals surface area contributed by atoms with Gasteiger partial charge in [0.1, 0.15) is 5.75 Å². The number of hydrogen-bond acceptors (Lipinski definition) is 4. The highest BCUT2D eigenvalue weighted by Gasteiger charge is 2.20. The van der Waals surface area contributed by atoms with E-state index in [2.05, 4.69) is 20.9 Å². The van der Waals surface area contributed by atoms with Crippen molar-refractivity contribution in [2.24, 2.45) is 0 Å². The summed E-state index contributed by atoms with van der Waals surface area (Å²) in [6.07, 6.45) is 3.22. The molecule has 0 bridgehead atoms. The molecule has 0 fully saturated rings. The van der Waals surface area contributed by atoms with Crippen molar-refractivity contribution in [3.63, 3.8) is 0 Å². The predicted octanol–water partition coefficient (Wildman–Crippen LogP) is 3.58. The molecule has 0 aliphatic rings. The van der Waals surface area contributed by atoms with Gasteiger partial charge in [0, 0.05) is 27.3 Å². The van der Waals surface area contributed by atoms with Gasteiger partial charge in [-0.25, -0.2) is 8.42 Å². The van der Waals surface area contributed by atoms with Crippen molar-refractivity contribution in [3.05, 3.63) is 58.8 Å². The van der Waals surface area contributed by atoms with Crippen molar-refractivity contribution in [2.75, 3.05) is 12.4 Å². The largest absolute Gasteiger partial charge is 0.491 e. The number of rotatable bonds is 6. The van der Waals surface area contributed by atoms with Crippen molar-refractivity contribution in [1.29, 1.82) is 0 Å². The summed E-state index contributed by atoms with van der Waals surface area (Å²) in [5, 5.41) is 0. The van der Waals surface area contributed by atoms with E-state index in [0.29, 0.717) is 5.75 Å². The number of halogens is 2. The summed E-state index contributed by atoms with van der Waals surface area (Å²) in [7, 11) is 1.76. The van der Waals surface area contributed by atoms with Crippen molar-refractivity contribution in [1.82, 2.24) is 4.98 Å².